The lowest BCUT2D eigenvalue weighted by Gasteiger charge is -2.30. The van der Waals surface area contributed by atoms with Crippen LogP contribution in [0.3, 0.4) is 0 Å². The lowest BCUT2D eigenvalue weighted by atomic mass is 9.87. The molecule has 7 atom stereocenters. The molecule has 3 heterocycles. The number of fused-ring (bicyclic) bond motifs is 1. The molecule has 2 amide bonds. The summed E-state index contributed by atoms with van der Waals surface area (Å²) in [5.74, 6) is 0.180. The summed E-state index contributed by atoms with van der Waals surface area (Å²) in [7, 11) is -16.3. The summed E-state index contributed by atoms with van der Waals surface area (Å²) in [5.41, 5.74) is 4.29. The van der Waals surface area contributed by atoms with E-state index >= 15 is 0 Å². The molecular weight excluding hydrogens is 795 g/mol. The van der Waals surface area contributed by atoms with E-state index in [0.29, 0.717) is 18.7 Å². The fourth-order valence-electron chi connectivity index (χ4n) is 4.62. The molecule has 0 spiro atoms. The fraction of sp³-hybridized carbons (Fsp3) is 0.720. The second-order valence-corrected chi connectivity index (χ2v) is 17.6. The molecule has 1 fully saturated rings. The number of thioether (sulfide) groups is 1. The number of imidazole rings is 1. The number of aliphatic hydroxyl groups is 3. The van der Waals surface area contributed by atoms with Gasteiger partial charge in [-0.1, -0.05) is 13.8 Å². The summed E-state index contributed by atoms with van der Waals surface area (Å²) in [6.07, 6.45) is -5.21. The highest BCUT2D eigenvalue weighted by molar-refractivity contribution is 7.99. The number of hydrogen-bond acceptors (Lipinski definition) is 18. The molecule has 2 aromatic heterocycles. The highest BCUT2D eigenvalue weighted by Crippen LogP contribution is 2.61. The summed E-state index contributed by atoms with van der Waals surface area (Å²) in [4.78, 5) is 75.3. The first-order valence-electron chi connectivity index (χ1n) is 15.7. The lowest BCUT2D eigenvalue weighted by Crippen LogP contribution is -2.46. The van der Waals surface area contributed by atoms with Gasteiger partial charge in [-0.3, -0.25) is 27.7 Å². The molecule has 53 heavy (non-hydrogen) atoms. The Bertz CT molecular complexity index is 1680. The predicted octanol–water partition coefficient (Wildman–Crippen LogP) is -1.09. The summed E-state index contributed by atoms with van der Waals surface area (Å²) >= 11 is 1.61. The second kappa shape index (κ2) is 19.6. The summed E-state index contributed by atoms with van der Waals surface area (Å²) < 4.78 is 62.0. The molecule has 24 nitrogen and oxygen atoms in total. The number of nitrogens with zero attached hydrogens (tertiary/aromatic N) is 4. The summed E-state index contributed by atoms with van der Waals surface area (Å²) in [6, 6.07) is 0. The van der Waals surface area contributed by atoms with Gasteiger partial charge in [-0.05, 0) is 18.6 Å². The molecule has 0 radical (unpaired) electrons. The van der Waals surface area contributed by atoms with Gasteiger partial charge in [-0.15, -0.1) is 0 Å². The van der Waals surface area contributed by atoms with Crippen LogP contribution in [0, 0.1) is 5.41 Å². The average molecular weight is 840 g/mol. The molecule has 0 bridgehead atoms. The fourth-order valence-corrected chi connectivity index (χ4v) is 8.31. The van der Waals surface area contributed by atoms with E-state index < -0.39 is 78.6 Å². The SMILES string of the molecule is CC(C)(COP(=O)(O)OP(=O)(O)OC[C@H]1O[C@@H](n2cnc3c(N)ncnc32)[C@H](O)[C@@H]1OP(=O)(O)O)[C@@H](O)C(=O)NCCC(=O)NCCSCCCCO. The van der Waals surface area contributed by atoms with Gasteiger partial charge in [-0.25, -0.2) is 28.6 Å². The molecule has 11 N–H and O–H groups in total. The predicted molar refractivity (Wildman–Crippen MR) is 183 cm³/mol. The molecule has 1 saturated heterocycles. The zero-order valence-electron chi connectivity index (χ0n) is 28.4. The van der Waals surface area contributed by atoms with Crippen LogP contribution in [-0.4, -0.2) is 135 Å². The molecule has 2 aromatic rings. The average Bonchev–Trinajstić information content (AvgIpc) is 3.62. The van der Waals surface area contributed by atoms with E-state index in [0.717, 1.165) is 29.4 Å². The molecule has 1 aliphatic heterocycles. The van der Waals surface area contributed by atoms with E-state index in [4.69, 9.17) is 24.6 Å². The van der Waals surface area contributed by atoms with Crippen molar-refractivity contribution in [1.29, 1.82) is 0 Å². The van der Waals surface area contributed by atoms with Gasteiger partial charge in [0.2, 0.25) is 11.8 Å². The van der Waals surface area contributed by atoms with Crippen LogP contribution >= 0.6 is 35.2 Å². The third kappa shape index (κ3) is 14.1. The normalized spacial score (nSPS) is 22.3. The number of anilines is 1. The van der Waals surface area contributed by atoms with E-state index in [1.165, 1.54) is 13.8 Å². The van der Waals surface area contributed by atoms with E-state index in [1.54, 1.807) is 11.8 Å². The second-order valence-electron chi connectivity index (χ2n) is 12.1. The van der Waals surface area contributed by atoms with Gasteiger partial charge in [-0.2, -0.15) is 16.1 Å². The van der Waals surface area contributed by atoms with Crippen LogP contribution in [0.5, 0.6) is 0 Å². The van der Waals surface area contributed by atoms with Gasteiger partial charge in [0.05, 0.1) is 19.5 Å². The Morgan fingerprint density at radius 1 is 1.06 bits per heavy atom. The maximum Gasteiger partial charge on any atom is 0.481 e. The topological polar surface area (TPSA) is 367 Å². The number of rotatable bonds is 23. The van der Waals surface area contributed by atoms with Crippen LogP contribution in [0.2, 0.25) is 0 Å². The first-order valence-corrected chi connectivity index (χ1v) is 21.4. The van der Waals surface area contributed by atoms with Crippen LogP contribution in [0.1, 0.15) is 39.3 Å². The number of aromatic nitrogens is 4. The molecule has 2 unspecified atom stereocenters. The zero-order valence-corrected chi connectivity index (χ0v) is 31.9. The van der Waals surface area contributed by atoms with E-state index in [9.17, 15) is 53.1 Å². The number of nitrogen functional groups attached to an aromatic ring is 1. The van der Waals surface area contributed by atoms with Crippen molar-refractivity contribution < 1.29 is 80.8 Å². The zero-order chi connectivity index (χ0) is 39.6. The van der Waals surface area contributed by atoms with Gasteiger partial charge in [0.15, 0.2) is 17.7 Å². The number of phosphoric acid groups is 3. The molecule has 3 rings (SSSR count). The molecule has 28 heteroatoms. The van der Waals surface area contributed by atoms with Crippen LogP contribution in [0.25, 0.3) is 11.2 Å². The van der Waals surface area contributed by atoms with Crippen LogP contribution in [-0.2, 0) is 45.9 Å². The number of aliphatic hydroxyl groups excluding tert-OH is 3. The smallest absolute Gasteiger partial charge is 0.396 e. The third-order valence-corrected chi connectivity index (χ3v) is 11.5. The van der Waals surface area contributed by atoms with Gasteiger partial charge in [0.25, 0.3) is 0 Å². The molecular formula is C25H44N7O17P3S. The van der Waals surface area contributed by atoms with E-state index in [1.807, 2.05) is 0 Å². The molecule has 0 aromatic carbocycles. The molecule has 0 saturated carbocycles. The minimum atomic E-state index is -5.55. The third-order valence-electron chi connectivity index (χ3n) is 7.34. The van der Waals surface area contributed by atoms with Crippen LogP contribution in [0.15, 0.2) is 12.7 Å². The van der Waals surface area contributed by atoms with Gasteiger partial charge in [0, 0.05) is 37.3 Å². The number of carbonyl (C=O) groups excluding carboxylic acids is 2. The highest BCUT2D eigenvalue weighted by atomic mass is 32.2. The number of hydrogen-bond donors (Lipinski definition) is 10. The van der Waals surface area contributed by atoms with Gasteiger partial charge in [0.1, 0.15) is 36.3 Å². The number of amides is 2. The van der Waals surface area contributed by atoms with Crippen molar-refractivity contribution in [2.75, 3.05) is 50.1 Å². The van der Waals surface area contributed by atoms with E-state index in [2.05, 4.69) is 34.4 Å². The lowest BCUT2D eigenvalue weighted by molar-refractivity contribution is -0.137. The first kappa shape index (κ1) is 45.2. The molecule has 302 valence electrons. The number of ether oxygens (including phenoxy) is 1. The maximum absolute atomic E-state index is 12.6. The number of carbonyl (C=O) groups is 2. The largest absolute Gasteiger partial charge is 0.481 e. The molecule has 1 aliphatic rings. The Hall–Kier alpha value is -2.15. The Balaban J connectivity index is 1.51. The van der Waals surface area contributed by atoms with Crippen LogP contribution in [0.4, 0.5) is 5.82 Å². The minimum absolute atomic E-state index is 0.0356. The van der Waals surface area contributed by atoms with E-state index in [-0.39, 0.29) is 42.5 Å². The Labute approximate surface area is 306 Å². The number of nitrogens with one attached hydrogen (secondary N) is 2. The van der Waals surface area contributed by atoms with Gasteiger partial charge < -0.3 is 56.0 Å². The van der Waals surface area contributed by atoms with Crippen molar-refractivity contribution in [3.63, 3.8) is 0 Å². The van der Waals surface area contributed by atoms with Crippen molar-refractivity contribution in [1.82, 2.24) is 30.2 Å². The quantitative estimate of drug-likeness (QED) is 0.0469. The van der Waals surface area contributed by atoms with Crippen molar-refractivity contribution in [3.8, 4) is 0 Å². The van der Waals surface area contributed by atoms with Crippen LogP contribution < -0.4 is 16.4 Å². The van der Waals surface area contributed by atoms with Crippen molar-refractivity contribution in [2.45, 2.75) is 63.8 Å². The highest BCUT2D eigenvalue weighted by Gasteiger charge is 2.50. The monoisotopic (exact) mass is 839 g/mol. The number of phosphoric ester groups is 3. The Morgan fingerprint density at radius 2 is 1.75 bits per heavy atom. The minimum Gasteiger partial charge on any atom is -0.396 e. The summed E-state index contributed by atoms with van der Waals surface area (Å²) in [5, 5.41) is 35.2. The van der Waals surface area contributed by atoms with Crippen molar-refractivity contribution in [2.24, 2.45) is 5.41 Å². The number of nitrogens with two attached hydrogens (primary N) is 1. The first-order chi connectivity index (χ1) is 24.7. The number of unbranched alkanes of at least 4 members (excludes halogenated alkanes) is 1. The maximum atomic E-state index is 12.6. The van der Waals surface area contributed by atoms with Crippen molar-refractivity contribution in [3.05, 3.63) is 12.7 Å². The Morgan fingerprint density at radius 3 is 2.43 bits per heavy atom. The van der Waals surface area contributed by atoms with Crippen molar-refractivity contribution >= 4 is 64.0 Å². The molecule has 0 aliphatic carbocycles. The standard InChI is InChI=1S/C25H44N7O17P3S/c1-25(2,20(36)23(37)28-6-5-16(34)27-7-10-53-9-4-3-8-33)12-46-52(43,44)49-51(41,42)45-11-15-19(48-50(38,39)40)18(35)24(47-15)32-14-31-17-21(26)29-13-30-22(17)32/h13-15,18-20,24,33,35-36H,3-12H2,1-2H3,(H,27,34)(H,28,37)(H,41,42)(H,43,44)(H2,26,29,30)(H2,38,39,40)/t15-,18-,19-,20+,24-/m1/s1. The summed E-state index contributed by atoms with van der Waals surface area (Å²) in [6.45, 7) is 0.931. The Kier molecular flexibility index (Phi) is 16.8. The van der Waals surface area contributed by atoms with Gasteiger partial charge >= 0.3 is 23.5 Å².